The van der Waals surface area contributed by atoms with Crippen LogP contribution >= 0.6 is 0 Å². The maximum Gasteiger partial charge on any atom is 0.356 e. The number of carbonyl (C=O) groups excluding carboxylic acids is 2. The largest absolute Gasteiger partial charge is 0.497 e. The first-order chi connectivity index (χ1) is 13.0. The maximum atomic E-state index is 11.9. The van der Waals surface area contributed by atoms with Crippen LogP contribution in [-0.4, -0.2) is 42.6 Å². The summed E-state index contributed by atoms with van der Waals surface area (Å²) in [4.78, 5) is 39.8. The van der Waals surface area contributed by atoms with Gasteiger partial charge in [-0.1, -0.05) is 30.3 Å². The molecular formula is C19H20N2O6. The fourth-order valence-electron chi connectivity index (χ4n) is 2.24. The van der Waals surface area contributed by atoms with Gasteiger partial charge in [-0.3, -0.25) is 4.79 Å². The predicted molar refractivity (Wildman–Crippen MR) is 96.1 cm³/mol. The first-order valence-corrected chi connectivity index (χ1v) is 8.13. The lowest BCUT2D eigenvalue weighted by Gasteiger charge is -2.15. The van der Waals surface area contributed by atoms with E-state index in [1.165, 1.54) is 7.11 Å². The molecule has 8 heteroatoms. The third-order valence-electron chi connectivity index (χ3n) is 3.64. The molecule has 0 bridgehead atoms. The van der Waals surface area contributed by atoms with Crippen molar-refractivity contribution in [3.63, 3.8) is 0 Å². The molecule has 0 aliphatic rings. The van der Waals surface area contributed by atoms with E-state index in [0.29, 0.717) is 11.3 Å². The molecule has 0 aromatic heterocycles. The predicted octanol–water partition coefficient (Wildman–Crippen LogP) is 1.17. The van der Waals surface area contributed by atoms with Crippen molar-refractivity contribution in [2.75, 3.05) is 13.7 Å². The number of nitrogens with one attached hydrogen (secondary N) is 2. The summed E-state index contributed by atoms with van der Waals surface area (Å²) in [5.74, 6) is -1.77. The number of benzene rings is 2. The highest BCUT2D eigenvalue weighted by Gasteiger charge is 2.20. The summed E-state index contributed by atoms with van der Waals surface area (Å²) >= 11 is 0. The summed E-state index contributed by atoms with van der Waals surface area (Å²) < 4.78 is 5.05. The Balaban J connectivity index is 1.81. The average molecular weight is 372 g/mol. The van der Waals surface area contributed by atoms with E-state index in [4.69, 9.17) is 9.57 Å². The van der Waals surface area contributed by atoms with Gasteiger partial charge in [0, 0.05) is 6.42 Å². The van der Waals surface area contributed by atoms with Crippen LogP contribution in [0.2, 0.25) is 0 Å². The number of aliphatic carboxylic acids is 1. The third-order valence-corrected chi connectivity index (χ3v) is 3.64. The summed E-state index contributed by atoms with van der Waals surface area (Å²) in [6, 6.07) is 14.0. The number of amides is 1. The third kappa shape index (κ3) is 6.44. The van der Waals surface area contributed by atoms with E-state index in [1.54, 1.807) is 54.6 Å². The Kier molecular flexibility index (Phi) is 7.33. The van der Waals surface area contributed by atoms with Gasteiger partial charge < -0.3 is 20.0 Å². The van der Waals surface area contributed by atoms with Gasteiger partial charge in [-0.05, 0) is 29.8 Å². The van der Waals surface area contributed by atoms with Crippen molar-refractivity contribution in [3.05, 3.63) is 65.7 Å². The summed E-state index contributed by atoms with van der Waals surface area (Å²) in [6.07, 6.45) is 0.106. The van der Waals surface area contributed by atoms with Crippen molar-refractivity contribution in [2.45, 2.75) is 12.5 Å². The molecule has 1 atom stereocenters. The standard InChI is InChI=1S/C19H20N2O6/c1-26-15-9-7-13(8-10-15)11-16(18(23)24)21-17(22)12-20-27-19(25)14-5-3-2-4-6-14/h2-10,16,20H,11-12H2,1H3,(H,21,22)(H,23,24)/t16-/m0/s1. The monoisotopic (exact) mass is 372 g/mol. The Labute approximate surface area is 156 Å². The molecule has 0 saturated heterocycles. The van der Waals surface area contributed by atoms with Gasteiger partial charge in [0.25, 0.3) is 0 Å². The molecule has 0 unspecified atom stereocenters. The van der Waals surface area contributed by atoms with E-state index in [-0.39, 0.29) is 13.0 Å². The lowest BCUT2D eigenvalue weighted by molar-refractivity contribution is -0.141. The van der Waals surface area contributed by atoms with Crippen LogP contribution in [-0.2, 0) is 20.8 Å². The molecule has 0 radical (unpaired) electrons. The van der Waals surface area contributed by atoms with Gasteiger partial charge in [-0.25, -0.2) is 9.59 Å². The molecule has 0 aliphatic carbocycles. The van der Waals surface area contributed by atoms with E-state index in [0.717, 1.165) is 5.56 Å². The molecule has 0 aliphatic heterocycles. The first kappa shape index (κ1) is 19.9. The average Bonchev–Trinajstić information content (AvgIpc) is 2.68. The highest BCUT2D eigenvalue weighted by atomic mass is 16.7. The van der Waals surface area contributed by atoms with Crippen LogP contribution in [0.15, 0.2) is 54.6 Å². The molecule has 3 N–H and O–H groups in total. The van der Waals surface area contributed by atoms with E-state index in [9.17, 15) is 19.5 Å². The van der Waals surface area contributed by atoms with E-state index >= 15 is 0 Å². The molecule has 142 valence electrons. The van der Waals surface area contributed by atoms with Gasteiger partial charge in [-0.15, -0.1) is 5.48 Å². The van der Waals surface area contributed by atoms with Crippen molar-refractivity contribution < 1.29 is 29.1 Å². The van der Waals surface area contributed by atoms with Gasteiger partial charge in [0.1, 0.15) is 18.3 Å². The van der Waals surface area contributed by atoms with Crippen molar-refractivity contribution >= 4 is 17.8 Å². The number of hydrogen-bond donors (Lipinski definition) is 3. The van der Waals surface area contributed by atoms with Gasteiger partial charge >= 0.3 is 11.9 Å². The van der Waals surface area contributed by atoms with E-state index in [1.807, 2.05) is 0 Å². The molecule has 27 heavy (non-hydrogen) atoms. The van der Waals surface area contributed by atoms with Crippen LogP contribution in [0, 0.1) is 0 Å². The highest BCUT2D eigenvalue weighted by molar-refractivity contribution is 5.89. The molecule has 0 saturated carbocycles. The quantitative estimate of drug-likeness (QED) is 0.566. The minimum absolute atomic E-state index is 0.106. The maximum absolute atomic E-state index is 11.9. The fourth-order valence-corrected chi connectivity index (χ4v) is 2.24. The molecular weight excluding hydrogens is 352 g/mol. The van der Waals surface area contributed by atoms with Crippen molar-refractivity contribution in [1.82, 2.24) is 10.8 Å². The molecule has 0 heterocycles. The van der Waals surface area contributed by atoms with E-state index < -0.39 is 23.9 Å². The van der Waals surface area contributed by atoms with Gasteiger partial charge in [0.05, 0.1) is 12.7 Å². The number of methoxy groups -OCH3 is 1. The van der Waals surface area contributed by atoms with Crippen LogP contribution in [0.1, 0.15) is 15.9 Å². The Morgan fingerprint density at radius 3 is 2.30 bits per heavy atom. The zero-order chi connectivity index (χ0) is 19.6. The number of hydrogen-bond acceptors (Lipinski definition) is 6. The second kappa shape index (κ2) is 9.93. The van der Waals surface area contributed by atoms with Gasteiger partial charge in [0.15, 0.2) is 0 Å². The van der Waals surface area contributed by atoms with Gasteiger partial charge in [0.2, 0.25) is 5.91 Å². The number of carboxylic acid groups (broad SMARTS) is 1. The molecule has 2 aromatic carbocycles. The van der Waals surface area contributed by atoms with Crippen LogP contribution < -0.4 is 15.5 Å². The fraction of sp³-hybridized carbons (Fsp3) is 0.211. The second-order valence-electron chi connectivity index (χ2n) is 5.59. The highest BCUT2D eigenvalue weighted by Crippen LogP contribution is 2.12. The van der Waals surface area contributed by atoms with Crippen molar-refractivity contribution in [3.8, 4) is 5.75 Å². The van der Waals surface area contributed by atoms with Crippen LogP contribution in [0.4, 0.5) is 0 Å². The zero-order valence-electron chi connectivity index (χ0n) is 14.7. The normalized spacial score (nSPS) is 11.3. The Morgan fingerprint density at radius 1 is 1.04 bits per heavy atom. The minimum atomic E-state index is -1.17. The van der Waals surface area contributed by atoms with Crippen LogP contribution in [0.25, 0.3) is 0 Å². The Hall–Kier alpha value is -3.39. The zero-order valence-corrected chi connectivity index (χ0v) is 14.7. The number of hydroxylamine groups is 1. The molecule has 0 spiro atoms. The van der Waals surface area contributed by atoms with Crippen molar-refractivity contribution in [2.24, 2.45) is 0 Å². The minimum Gasteiger partial charge on any atom is -0.497 e. The SMILES string of the molecule is COc1ccc(C[C@H](NC(=O)CNOC(=O)c2ccccc2)C(=O)O)cc1. The lowest BCUT2D eigenvalue weighted by atomic mass is 10.1. The number of carboxylic acids is 1. The topological polar surface area (TPSA) is 114 Å². The molecule has 2 rings (SSSR count). The van der Waals surface area contributed by atoms with Crippen LogP contribution in [0.5, 0.6) is 5.75 Å². The number of carbonyl (C=O) groups is 3. The Morgan fingerprint density at radius 2 is 1.70 bits per heavy atom. The van der Waals surface area contributed by atoms with E-state index in [2.05, 4.69) is 10.8 Å². The summed E-state index contributed by atoms with van der Waals surface area (Å²) in [7, 11) is 1.53. The molecule has 8 nitrogen and oxygen atoms in total. The van der Waals surface area contributed by atoms with Crippen molar-refractivity contribution in [1.29, 1.82) is 0 Å². The van der Waals surface area contributed by atoms with Gasteiger partial charge in [-0.2, -0.15) is 0 Å². The number of rotatable bonds is 9. The van der Waals surface area contributed by atoms with Crippen LogP contribution in [0.3, 0.4) is 0 Å². The second-order valence-corrected chi connectivity index (χ2v) is 5.59. The molecule has 1 amide bonds. The lowest BCUT2D eigenvalue weighted by Crippen LogP contribution is -2.46. The number of ether oxygens (including phenoxy) is 1. The summed E-state index contributed by atoms with van der Waals surface area (Å²) in [6.45, 7) is -0.370. The molecule has 0 fully saturated rings. The smallest absolute Gasteiger partial charge is 0.356 e. The Bertz CT molecular complexity index is 777. The molecule has 2 aromatic rings. The summed E-state index contributed by atoms with van der Waals surface area (Å²) in [5.41, 5.74) is 3.29. The first-order valence-electron chi connectivity index (χ1n) is 8.13. The summed E-state index contributed by atoms with van der Waals surface area (Å²) in [5, 5.41) is 11.7.